The van der Waals surface area contributed by atoms with Crippen molar-refractivity contribution >= 4 is 17.0 Å². The van der Waals surface area contributed by atoms with Crippen molar-refractivity contribution < 1.29 is 18.7 Å². The van der Waals surface area contributed by atoms with Crippen LogP contribution in [0.25, 0.3) is 11.0 Å². The number of ether oxygens (including phenoxy) is 2. The van der Waals surface area contributed by atoms with Crippen LogP contribution in [0.5, 0.6) is 5.75 Å². The van der Waals surface area contributed by atoms with E-state index in [9.17, 15) is 9.18 Å². The van der Waals surface area contributed by atoms with Crippen LogP contribution in [0.15, 0.2) is 42.5 Å². The molecular formula is C18H17FN2O3. The molecule has 0 saturated heterocycles. The first-order valence-corrected chi connectivity index (χ1v) is 7.58. The van der Waals surface area contributed by atoms with Crippen molar-refractivity contribution in [2.24, 2.45) is 0 Å². The monoisotopic (exact) mass is 328 g/mol. The van der Waals surface area contributed by atoms with E-state index < -0.39 is 5.97 Å². The van der Waals surface area contributed by atoms with Crippen LogP contribution in [0.1, 0.15) is 23.1 Å². The molecular weight excluding hydrogens is 311 g/mol. The van der Waals surface area contributed by atoms with Gasteiger partial charge in [-0.15, -0.1) is 0 Å². The van der Waals surface area contributed by atoms with Crippen LogP contribution in [0.2, 0.25) is 0 Å². The van der Waals surface area contributed by atoms with E-state index in [-0.39, 0.29) is 12.4 Å². The largest absolute Gasteiger partial charge is 0.486 e. The van der Waals surface area contributed by atoms with Gasteiger partial charge in [0.05, 0.1) is 18.2 Å². The predicted molar refractivity (Wildman–Crippen MR) is 87.5 cm³/mol. The molecule has 0 radical (unpaired) electrons. The molecule has 0 aliphatic carbocycles. The van der Waals surface area contributed by atoms with Gasteiger partial charge >= 0.3 is 5.97 Å². The molecule has 2 aromatic carbocycles. The fourth-order valence-corrected chi connectivity index (χ4v) is 2.58. The molecule has 1 aromatic heterocycles. The fourth-order valence-electron chi connectivity index (χ4n) is 2.58. The maximum Gasteiger partial charge on any atom is 0.337 e. The number of carbonyl (C=O) groups excluding carboxylic acids is 1. The summed E-state index contributed by atoms with van der Waals surface area (Å²) in [5, 5.41) is 0. The van der Waals surface area contributed by atoms with E-state index in [1.165, 1.54) is 13.2 Å². The van der Waals surface area contributed by atoms with Gasteiger partial charge in [0.25, 0.3) is 0 Å². The van der Waals surface area contributed by atoms with Crippen LogP contribution in [0, 0.1) is 5.82 Å². The summed E-state index contributed by atoms with van der Waals surface area (Å²) in [7, 11) is 1.33. The molecule has 0 unspecified atom stereocenters. The Morgan fingerprint density at radius 3 is 2.62 bits per heavy atom. The van der Waals surface area contributed by atoms with E-state index in [4.69, 9.17) is 4.74 Å². The number of halogens is 1. The molecule has 0 saturated carbocycles. The van der Waals surface area contributed by atoms with Gasteiger partial charge in [-0.05, 0) is 43.3 Å². The standard InChI is InChI=1S/C18H17FN2O3/c1-3-21-15-6-4-5-14(19)17(15)20-16(21)11-24-13-9-7-12(8-10-13)18(22)23-2/h4-10H,3,11H2,1-2H3. The number of aromatic nitrogens is 2. The van der Waals surface area contributed by atoms with Gasteiger partial charge in [0.2, 0.25) is 0 Å². The number of para-hydroxylation sites is 1. The first-order valence-electron chi connectivity index (χ1n) is 7.58. The van der Waals surface area contributed by atoms with Crippen molar-refractivity contribution in [3.8, 4) is 5.75 Å². The maximum absolute atomic E-state index is 13.9. The van der Waals surface area contributed by atoms with Crippen molar-refractivity contribution in [1.82, 2.24) is 9.55 Å². The van der Waals surface area contributed by atoms with Crippen molar-refractivity contribution in [2.75, 3.05) is 7.11 Å². The molecule has 0 N–H and O–H groups in total. The molecule has 0 atom stereocenters. The molecule has 3 aromatic rings. The highest BCUT2D eigenvalue weighted by atomic mass is 19.1. The molecule has 0 aliphatic heterocycles. The predicted octanol–water partition coefficient (Wildman–Crippen LogP) is 3.56. The van der Waals surface area contributed by atoms with E-state index >= 15 is 0 Å². The Labute approximate surface area is 138 Å². The van der Waals surface area contributed by atoms with E-state index in [1.807, 2.05) is 17.6 Å². The van der Waals surface area contributed by atoms with Crippen LogP contribution in [0.3, 0.4) is 0 Å². The minimum absolute atomic E-state index is 0.208. The molecule has 6 heteroatoms. The smallest absolute Gasteiger partial charge is 0.337 e. The van der Waals surface area contributed by atoms with E-state index in [0.717, 1.165) is 5.52 Å². The number of carbonyl (C=O) groups is 1. The molecule has 0 aliphatic rings. The third-order valence-corrected chi connectivity index (χ3v) is 3.77. The minimum Gasteiger partial charge on any atom is -0.486 e. The summed E-state index contributed by atoms with van der Waals surface area (Å²) in [4.78, 5) is 15.8. The van der Waals surface area contributed by atoms with Crippen molar-refractivity contribution in [1.29, 1.82) is 0 Å². The Morgan fingerprint density at radius 2 is 1.96 bits per heavy atom. The average Bonchev–Trinajstić information content (AvgIpc) is 2.98. The summed E-state index contributed by atoms with van der Waals surface area (Å²) in [6, 6.07) is 11.5. The lowest BCUT2D eigenvalue weighted by Crippen LogP contribution is -2.06. The Hall–Kier alpha value is -2.89. The normalized spacial score (nSPS) is 10.8. The molecule has 0 spiro atoms. The molecule has 0 fully saturated rings. The van der Waals surface area contributed by atoms with Gasteiger partial charge in [0, 0.05) is 6.54 Å². The topological polar surface area (TPSA) is 53.4 Å². The number of fused-ring (bicyclic) bond motifs is 1. The molecule has 24 heavy (non-hydrogen) atoms. The van der Waals surface area contributed by atoms with Crippen LogP contribution in [0.4, 0.5) is 4.39 Å². The zero-order valence-electron chi connectivity index (χ0n) is 13.5. The molecule has 5 nitrogen and oxygen atoms in total. The van der Waals surface area contributed by atoms with Gasteiger partial charge < -0.3 is 14.0 Å². The number of nitrogens with zero attached hydrogens (tertiary/aromatic N) is 2. The second-order valence-corrected chi connectivity index (χ2v) is 5.18. The Morgan fingerprint density at radius 1 is 1.21 bits per heavy atom. The first-order chi connectivity index (χ1) is 11.6. The van der Waals surface area contributed by atoms with Crippen molar-refractivity contribution in [2.45, 2.75) is 20.1 Å². The zero-order valence-corrected chi connectivity index (χ0v) is 13.5. The van der Waals surface area contributed by atoms with Crippen LogP contribution in [-0.4, -0.2) is 22.6 Å². The van der Waals surface area contributed by atoms with Gasteiger partial charge in [-0.2, -0.15) is 0 Å². The molecule has 124 valence electrons. The fraction of sp³-hybridized carbons (Fsp3) is 0.222. The van der Waals surface area contributed by atoms with E-state index in [0.29, 0.717) is 29.2 Å². The van der Waals surface area contributed by atoms with Gasteiger partial charge in [0.1, 0.15) is 23.7 Å². The number of hydrogen-bond acceptors (Lipinski definition) is 4. The molecule has 0 amide bonds. The SMILES string of the molecule is CCn1c(COc2ccc(C(=O)OC)cc2)nc2c(F)cccc21. The highest BCUT2D eigenvalue weighted by Gasteiger charge is 2.13. The lowest BCUT2D eigenvalue weighted by Gasteiger charge is -2.08. The summed E-state index contributed by atoms with van der Waals surface area (Å²) in [6.45, 7) is 2.85. The molecule has 1 heterocycles. The lowest BCUT2D eigenvalue weighted by atomic mass is 10.2. The lowest BCUT2D eigenvalue weighted by molar-refractivity contribution is 0.0600. The number of aryl methyl sites for hydroxylation is 1. The number of rotatable bonds is 5. The van der Waals surface area contributed by atoms with Gasteiger partial charge in [0.15, 0.2) is 5.82 Å². The third kappa shape index (κ3) is 2.95. The average molecular weight is 328 g/mol. The summed E-state index contributed by atoms with van der Waals surface area (Å²) < 4.78 is 26.2. The summed E-state index contributed by atoms with van der Waals surface area (Å²) in [5.74, 6) is 0.501. The minimum atomic E-state index is -0.398. The highest BCUT2D eigenvalue weighted by molar-refractivity contribution is 5.89. The van der Waals surface area contributed by atoms with Crippen LogP contribution in [-0.2, 0) is 17.9 Å². The van der Waals surface area contributed by atoms with Crippen LogP contribution < -0.4 is 4.74 Å². The number of methoxy groups -OCH3 is 1. The Balaban J connectivity index is 1.80. The number of benzene rings is 2. The second kappa shape index (κ2) is 6.70. The zero-order chi connectivity index (χ0) is 17.1. The van der Waals surface area contributed by atoms with Crippen molar-refractivity contribution in [3.05, 3.63) is 59.7 Å². The van der Waals surface area contributed by atoms with Crippen molar-refractivity contribution in [3.63, 3.8) is 0 Å². The Bertz CT molecular complexity index is 872. The number of hydrogen-bond donors (Lipinski definition) is 0. The maximum atomic E-state index is 13.9. The van der Waals surface area contributed by atoms with Crippen LogP contribution >= 0.6 is 0 Å². The van der Waals surface area contributed by atoms with E-state index in [2.05, 4.69) is 9.72 Å². The molecule has 3 rings (SSSR count). The quantitative estimate of drug-likeness (QED) is 0.672. The number of esters is 1. The first kappa shape index (κ1) is 16.0. The highest BCUT2D eigenvalue weighted by Crippen LogP contribution is 2.21. The summed E-state index contributed by atoms with van der Waals surface area (Å²) in [5.41, 5.74) is 1.55. The summed E-state index contributed by atoms with van der Waals surface area (Å²) >= 11 is 0. The van der Waals surface area contributed by atoms with Gasteiger partial charge in [-0.3, -0.25) is 0 Å². The van der Waals surface area contributed by atoms with Gasteiger partial charge in [-0.1, -0.05) is 6.07 Å². The number of imidazole rings is 1. The Kier molecular flexibility index (Phi) is 4.46. The van der Waals surface area contributed by atoms with Gasteiger partial charge in [-0.25, -0.2) is 14.2 Å². The van der Waals surface area contributed by atoms with E-state index in [1.54, 1.807) is 30.3 Å². The second-order valence-electron chi connectivity index (χ2n) is 5.18. The third-order valence-electron chi connectivity index (χ3n) is 3.77. The molecule has 0 bridgehead atoms. The summed E-state index contributed by atoms with van der Waals surface area (Å²) in [6.07, 6.45) is 0.